The predicted octanol–water partition coefficient (Wildman–Crippen LogP) is 3.70. The molecular formula is C21H28O3. The van der Waals surface area contributed by atoms with E-state index in [4.69, 9.17) is 14.9 Å². The zero-order valence-electron chi connectivity index (χ0n) is 14.7. The number of benzene rings is 2. The van der Waals surface area contributed by atoms with Gasteiger partial charge in [0, 0.05) is 25.0 Å². The molecule has 0 aliphatic carbocycles. The van der Waals surface area contributed by atoms with Gasteiger partial charge in [0.15, 0.2) is 0 Å². The van der Waals surface area contributed by atoms with Gasteiger partial charge in [-0.05, 0) is 41.7 Å². The molecule has 0 aliphatic rings. The van der Waals surface area contributed by atoms with Gasteiger partial charge in [0.05, 0.1) is 6.61 Å². The van der Waals surface area contributed by atoms with E-state index in [9.17, 15) is 0 Å². The predicted molar refractivity (Wildman–Crippen MR) is 97.6 cm³/mol. The van der Waals surface area contributed by atoms with Gasteiger partial charge in [-0.15, -0.1) is 0 Å². The van der Waals surface area contributed by atoms with Crippen LogP contribution in [0.3, 0.4) is 0 Å². The topological polar surface area (TPSA) is 49.7 Å². The molecule has 0 saturated heterocycles. The zero-order chi connectivity index (χ0) is 17.4. The van der Waals surface area contributed by atoms with Crippen LogP contribution < -0.4 is 4.74 Å². The van der Waals surface area contributed by atoms with Crippen LogP contribution in [-0.2, 0) is 11.8 Å². The van der Waals surface area contributed by atoms with Crippen LogP contribution in [0.25, 0.3) is 0 Å². The molecule has 2 aromatic carbocycles. The van der Waals surface area contributed by atoms with Crippen molar-refractivity contribution in [1.82, 2.24) is 0 Å². The van der Waals surface area contributed by atoms with Crippen LogP contribution in [0, 0.1) is 0 Å². The molecule has 0 unspecified atom stereocenters. The van der Waals surface area contributed by atoms with Crippen LogP contribution in [0.4, 0.5) is 0 Å². The van der Waals surface area contributed by atoms with Crippen LogP contribution in [0.15, 0.2) is 48.5 Å². The number of rotatable bonds is 9. The van der Waals surface area contributed by atoms with Crippen molar-refractivity contribution in [3.8, 4) is 5.75 Å². The molecule has 3 heteroatoms. The molecule has 0 aromatic heterocycles. The number of aliphatic hydroxyl groups is 2. The molecule has 0 heterocycles. The highest BCUT2D eigenvalue weighted by Crippen LogP contribution is 2.32. The van der Waals surface area contributed by atoms with E-state index in [1.165, 1.54) is 16.7 Å². The van der Waals surface area contributed by atoms with Crippen molar-refractivity contribution >= 4 is 0 Å². The molecule has 0 aliphatic heterocycles. The van der Waals surface area contributed by atoms with E-state index in [0.29, 0.717) is 13.0 Å². The quantitative estimate of drug-likeness (QED) is 0.690. The first-order valence-corrected chi connectivity index (χ1v) is 8.62. The van der Waals surface area contributed by atoms with Crippen molar-refractivity contribution in [2.24, 2.45) is 0 Å². The first kappa shape index (κ1) is 18.5. The van der Waals surface area contributed by atoms with Gasteiger partial charge in [0.25, 0.3) is 0 Å². The van der Waals surface area contributed by atoms with Crippen LogP contribution in [0.5, 0.6) is 5.75 Å². The molecule has 2 N–H and O–H groups in total. The number of ether oxygens (including phenoxy) is 1. The Balaban J connectivity index is 2.08. The van der Waals surface area contributed by atoms with Crippen molar-refractivity contribution < 1.29 is 14.9 Å². The van der Waals surface area contributed by atoms with Crippen molar-refractivity contribution in [2.75, 3.05) is 19.8 Å². The van der Waals surface area contributed by atoms with Crippen LogP contribution >= 0.6 is 0 Å². The number of aryl methyl sites for hydroxylation is 1. The highest BCUT2D eigenvalue weighted by Gasteiger charge is 2.22. The van der Waals surface area contributed by atoms with Gasteiger partial charge < -0.3 is 14.9 Å². The molecule has 24 heavy (non-hydrogen) atoms. The summed E-state index contributed by atoms with van der Waals surface area (Å²) in [5.41, 5.74) is 3.68. The molecule has 0 saturated carbocycles. The lowest BCUT2D eigenvalue weighted by molar-refractivity contribution is 0.233. The summed E-state index contributed by atoms with van der Waals surface area (Å²) in [4.78, 5) is 0. The first-order chi connectivity index (χ1) is 11.6. The molecule has 0 atom stereocenters. The largest absolute Gasteiger partial charge is 0.494 e. The van der Waals surface area contributed by atoms with Crippen LogP contribution in [0.1, 0.15) is 43.4 Å². The Morgan fingerprint density at radius 3 is 1.88 bits per heavy atom. The third-order valence-corrected chi connectivity index (χ3v) is 4.45. The number of aliphatic hydroxyl groups excluding tert-OH is 2. The molecule has 0 amide bonds. The summed E-state index contributed by atoms with van der Waals surface area (Å²) in [6, 6.07) is 16.9. The second-order valence-electron chi connectivity index (χ2n) is 6.60. The van der Waals surface area contributed by atoms with Gasteiger partial charge >= 0.3 is 0 Å². The van der Waals surface area contributed by atoms with E-state index >= 15 is 0 Å². The second kappa shape index (κ2) is 8.86. The maximum absolute atomic E-state index is 8.93. The smallest absolute Gasteiger partial charge is 0.119 e. The Morgan fingerprint density at radius 2 is 1.33 bits per heavy atom. The van der Waals surface area contributed by atoms with Gasteiger partial charge in [0.1, 0.15) is 5.75 Å². The molecule has 2 aromatic rings. The zero-order valence-corrected chi connectivity index (χ0v) is 14.7. The minimum absolute atomic E-state index is 0.0842. The van der Waals surface area contributed by atoms with Crippen molar-refractivity contribution in [1.29, 1.82) is 0 Å². The molecule has 0 fully saturated rings. The maximum Gasteiger partial charge on any atom is 0.119 e. The third-order valence-electron chi connectivity index (χ3n) is 4.45. The lowest BCUT2D eigenvalue weighted by Crippen LogP contribution is -2.18. The lowest BCUT2D eigenvalue weighted by atomic mass is 9.78. The van der Waals surface area contributed by atoms with Crippen molar-refractivity contribution in [3.05, 3.63) is 65.2 Å². The fourth-order valence-corrected chi connectivity index (χ4v) is 2.76. The number of hydrogen-bond acceptors (Lipinski definition) is 3. The molecule has 0 bridgehead atoms. The van der Waals surface area contributed by atoms with Gasteiger partial charge in [0.2, 0.25) is 0 Å². The van der Waals surface area contributed by atoms with Crippen molar-refractivity contribution in [2.45, 2.75) is 38.5 Å². The fourth-order valence-electron chi connectivity index (χ4n) is 2.76. The summed E-state index contributed by atoms with van der Waals surface area (Å²) in [7, 11) is 0. The Morgan fingerprint density at radius 1 is 0.792 bits per heavy atom. The third kappa shape index (κ3) is 4.83. The summed E-state index contributed by atoms with van der Waals surface area (Å²) in [5, 5.41) is 17.7. The van der Waals surface area contributed by atoms with E-state index in [2.05, 4.69) is 50.2 Å². The maximum atomic E-state index is 8.93. The van der Waals surface area contributed by atoms with E-state index in [-0.39, 0.29) is 18.6 Å². The molecule has 0 radical (unpaired) electrons. The summed E-state index contributed by atoms with van der Waals surface area (Å²) in [6.07, 6.45) is 2.37. The highest BCUT2D eigenvalue weighted by atomic mass is 16.5. The van der Waals surface area contributed by atoms with Crippen LogP contribution in [0.2, 0.25) is 0 Å². The average molecular weight is 328 g/mol. The van der Waals surface area contributed by atoms with E-state index < -0.39 is 0 Å². The molecular weight excluding hydrogens is 300 g/mol. The summed E-state index contributed by atoms with van der Waals surface area (Å²) < 4.78 is 5.59. The Labute approximate surface area is 144 Å². The average Bonchev–Trinajstić information content (AvgIpc) is 2.61. The molecule has 0 spiro atoms. The van der Waals surface area contributed by atoms with Crippen LogP contribution in [-0.4, -0.2) is 30.0 Å². The fraction of sp³-hybridized carbons (Fsp3) is 0.429. The van der Waals surface area contributed by atoms with E-state index in [1.54, 1.807) is 0 Å². The summed E-state index contributed by atoms with van der Waals surface area (Å²) in [6.45, 7) is 5.36. The highest BCUT2D eigenvalue weighted by molar-refractivity contribution is 5.40. The SMILES string of the molecule is CC(C)(c1ccc(CCCO)cc1)c1ccc(OCCCO)cc1. The van der Waals surface area contributed by atoms with Gasteiger partial charge in [-0.3, -0.25) is 0 Å². The van der Waals surface area contributed by atoms with Gasteiger partial charge in [-0.1, -0.05) is 50.2 Å². The Hall–Kier alpha value is -1.84. The normalized spacial score (nSPS) is 11.5. The van der Waals surface area contributed by atoms with Gasteiger partial charge in [-0.25, -0.2) is 0 Å². The Bertz CT molecular complexity index is 600. The van der Waals surface area contributed by atoms with E-state index in [1.807, 2.05) is 12.1 Å². The second-order valence-corrected chi connectivity index (χ2v) is 6.60. The van der Waals surface area contributed by atoms with Gasteiger partial charge in [-0.2, -0.15) is 0 Å². The Kier molecular flexibility index (Phi) is 6.83. The molecule has 2 rings (SSSR count). The minimum atomic E-state index is -0.0842. The van der Waals surface area contributed by atoms with Crippen molar-refractivity contribution in [3.63, 3.8) is 0 Å². The van der Waals surface area contributed by atoms with E-state index in [0.717, 1.165) is 18.6 Å². The molecule has 130 valence electrons. The first-order valence-electron chi connectivity index (χ1n) is 8.62. The standard InChI is InChI=1S/C21H28O3/c1-21(2,18-8-6-17(7-9-18)5-3-14-22)19-10-12-20(13-11-19)24-16-4-15-23/h6-13,22-23H,3-5,14-16H2,1-2H3. The summed E-state index contributed by atoms with van der Waals surface area (Å²) >= 11 is 0. The lowest BCUT2D eigenvalue weighted by Gasteiger charge is -2.26. The minimum Gasteiger partial charge on any atom is -0.494 e. The number of hydrogen-bond donors (Lipinski definition) is 2. The summed E-state index contributed by atoms with van der Waals surface area (Å²) in [5.74, 6) is 0.836. The monoisotopic (exact) mass is 328 g/mol. The molecule has 3 nitrogen and oxygen atoms in total.